The van der Waals surface area contributed by atoms with Gasteiger partial charge in [0.2, 0.25) is 5.91 Å². The van der Waals surface area contributed by atoms with Crippen molar-refractivity contribution in [3.8, 4) is 0 Å². The van der Waals surface area contributed by atoms with E-state index >= 15 is 0 Å². The van der Waals surface area contributed by atoms with E-state index in [2.05, 4.69) is 41.4 Å². The molecule has 1 aromatic carbocycles. The summed E-state index contributed by atoms with van der Waals surface area (Å²) in [5.41, 5.74) is 8.27. The summed E-state index contributed by atoms with van der Waals surface area (Å²) in [5.74, 6) is 0.0279. The fourth-order valence-corrected chi connectivity index (χ4v) is 3.67. The van der Waals surface area contributed by atoms with Gasteiger partial charge >= 0.3 is 0 Å². The number of anilines is 1. The number of hydrogen-bond acceptors (Lipinski definition) is 3. The number of nitrogens with zero attached hydrogens (tertiary/aromatic N) is 1. The van der Waals surface area contributed by atoms with Crippen molar-refractivity contribution in [3.63, 3.8) is 0 Å². The molecule has 1 unspecified atom stereocenters. The van der Waals surface area contributed by atoms with E-state index in [0.717, 1.165) is 38.6 Å². The average Bonchev–Trinajstić information content (AvgIpc) is 3.04. The zero-order valence-electron chi connectivity index (χ0n) is 12.8. The molecule has 1 aliphatic carbocycles. The molecule has 1 fully saturated rings. The predicted octanol–water partition coefficient (Wildman–Crippen LogP) is 1.83. The van der Waals surface area contributed by atoms with Gasteiger partial charge in [0, 0.05) is 24.8 Å². The Morgan fingerprint density at radius 2 is 2.10 bits per heavy atom. The number of carbonyl (C=O) groups excluding carboxylic acids is 1. The van der Waals surface area contributed by atoms with Crippen LogP contribution >= 0.6 is 0 Å². The van der Waals surface area contributed by atoms with Crippen LogP contribution in [0.5, 0.6) is 0 Å². The van der Waals surface area contributed by atoms with Crippen molar-refractivity contribution in [2.45, 2.75) is 50.6 Å². The van der Waals surface area contributed by atoms with Crippen molar-refractivity contribution in [2.24, 2.45) is 5.73 Å². The van der Waals surface area contributed by atoms with Gasteiger partial charge in [0.1, 0.15) is 0 Å². The summed E-state index contributed by atoms with van der Waals surface area (Å²) in [5, 5.41) is 3.04. The number of para-hydroxylation sites is 1. The standard InChI is InChI=1S/C17H25N3O/c1-13-12-14-6-2-3-7-15(14)20(13)11-10-19-16(21)17(18)8-4-5-9-17/h2-3,6-7,13H,4-5,8-12,18H2,1H3,(H,19,21). The fraction of sp³-hybridized carbons (Fsp3) is 0.588. The molecule has 114 valence electrons. The fourth-order valence-electron chi connectivity index (χ4n) is 3.67. The summed E-state index contributed by atoms with van der Waals surface area (Å²) < 4.78 is 0. The smallest absolute Gasteiger partial charge is 0.240 e. The summed E-state index contributed by atoms with van der Waals surface area (Å²) >= 11 is 0. The molecule has 3 N–H and O–H groups in total. The van der Waals surface area contributed by atoms with Crippen molar-refractivity contribution >= 4 is 11.6 Å². The van der Waals surface area contributed by atoms with Crippen molar-refractivity contribution in [2.75, 3.05) is 18.0 Å². The molecule has 1 atom stereocenters. The SMILES string of the molecule is CC1Cc2ccccc2N1CCNC(=O)C1(N)CCCC1. The number of nitrogens with one attached hydrogen (secondary N) is 1. The van der Waals surface area contributed by atoms with Gasteiger partial charge in [-0.05, 0) is 37.8 Å². The Bertz CT molecular complexity index is 523. The van der Waals surface area contributed by atoms with Gasteiger partial charge in [-0.2, -0.15) is 0 Å². The molecule has 1 heterocycles. The molecule has 1 aliphatic heterocycles. The molecule has 4 heteroatoms. The van der Waals surface area contributed by atoms with E-state index in [9.17, 15) is 4.79 Å². The molecule has 0 saturated heterocycles. The molecule has 1 aromatic rings. The lowest BCUT2D eigenvalue weighted by atomic mass is 9.98. The van der Waals surface area contributed by atoms with Gasteiger partial charge in [-0.15, -0.1) is 0 Å². The number of amides is 1. The predicted molar refractivity (Wildman–Crippen MR) is 85.4 cm³/mol. The van der Waals surface area contributed by atoms with Crippen molar-refractivity contribution in [1.82, 2.24) is 5.32 Å². The van der Waals surface area contributed by atoms with Crippen LogP contribution < -0.4 is 16.0 Å². The molecule has 3 rings (SSSR count). The van der Waals surface area contributed by atoms with Crippen LogP contribution in [-0.2, 0) is 11.2 Å². The van der Waals surface area contributed by atoms with Crippen molar-refractivity contribution < 1.29 is 4.79 Å². The topological polar surface area (TPSA) is 58.4 Å². The third kappa shape index (κ3) is 2.77. The second-order valence-electron chi connectivity index (χ2n) is 6.49. The van der Waals surface area contributed by atoms with Crippen LogP contribution in [-0.4, -0.2) is 30.6 Å². The largest absolute Gasteiger partial charge is 0.367 e. The summed E-state index contributed by atoms with van der Waals surface area (Å²) in [4.78, 5) is 14.6. The second-order valence-corrected chi connectivity index (χ2v) is 6.49. The first-order valence-electron chi connectivity index (χ1n) is 8.02. The van der Waals surface area contributed by atoms with Crippen molar-refractivity contribution in [3.05, 3.63) is 29.8 Å². The number of nitrogens with two attached hydrogens (primary N) is 1. The Kier molecular flexibility index (Phi) is 3.89. The van der Waals surface area contributed by atoms with Crippen LogP contribution in [0.4, 0.5) is 5.69 Å². The number of benzene rings is 1. The van der Waals surface area contributed by atoms with E-state index in [4.69, 9.17) is 5.73 Å². The number of carbonyl (C=O) groups is 1. The maximum Gasteiger partial charge on any atom is 0.240 e. The highest BCUT2D eigenvalue weighted by Gasteiger charge is 2.36. The maximum absolute atomic E-state index is 12.2. The Hall–Kier alpha value is -1.55. The van der Waals surface area contributed by atoms with Crippen LogP contribution in [0.3, 0.4) is 0 Å². The summed E-state index contributed by atoms with van der Waals surface area (Å²) in [6.07, 6.45) is 4.87. The van der Waals surface area contributed by atoms with Gasteiger partial charge < -0.3 is 16.0 Å². The molecule has 1 amide bonds. The minimum Gasteiger partial charge on any atom is -0.367 e. The van der Waals surface area contributed by atoms with E-state index in [1.54, 1.807) is 0 Å². The Labute approximate surface area is 126 Å². The van der Waals surface area contributed by atoms with Gasteiger partial charge in [-0.1, -0.05) is 31.0 Å². The molecule has 4 nitrogen and oxygen atoms in total. The van der Waals surface area contributed by atoms with Crippen LogP contribution in [0.1, 0.15) is 38.2 Å². The van der Waals surface area contributed by atoms with Gasteiger partial charge in [0.15, 0.2) is 0 Å². The molecule has 0 aromatic heterocycles. The third-order valence-electron chi connectivity index (χ3n) is 4.93. The molecule has 0 radical (unpaired) electrons. The van der Waals surface area contributed by atoms with E-state index in [0.29, 0.717) is 12.6 Å². The van der Waals surface area contributed by atoms with E-state index < -0.39 is 5.54 Å². The van der Waals surface area contributed by atoms with Crippen LogP contribution in [0, 0.1) is 0 Å². The maximum atomic E-state index is 12.2. The van der Waals surface area contributed by atoms with Crippen LogP contribution in [0.2, 0.25) is 0 Å². The first kappa shape index (κ1) is 14.4. The molecule has 0 bridgehead atoms. The first-order valence-corrected chi connectivity index (χ1v) is 8.02. The Morgan fingerprint density at radius 3 is 2.86 bits per heavy atom. The lowest BCUT2D eigenvalue weighted by Crippen LogP contribution is -2.53. The van der Waals surface area contributed by atoms with E-state index in [-0.39, 0.29) is 5.91 Å². The minimum atomic E-state index is -0.617. The third-order valence-corrected chi connectivity index (χ3v) is 4.93. The lowest BCUT2D eigenvalue weighted by molar-refractivity contribution is -0.126. The van der Waals surface area contributed by atoms with E-state index in [1.165, 1.54) is 11.3 Å². The average molecular weight is 287 g/mol. The highest BCUT2D eigenvalue weighted by atomic mass is 16.2. The molecule has 1 saturated carbocycles. The molecule has 2 aliphatic rings. The zero-order chi connectivity index (χ0) is 14.9. The van der Waals surface area contributed by atoms with E-state index in [1.807, 2.05) is 0 Å². The minimum absolute atomic E-state index is 0.0279. The summed E-state index contributed by atoms with van der Waals surface area (Å²) in [6.45, 7) is 3.75. The number of rotatable bonds is 4. The first-order chi connectivity index (χ1) is 10.1. The van der Waals surface area contributed by atoms with Gasteiger partial charge in [0.25, 0.3) is 0 Å². The quantitative estimate of drug-likeness (QED) is 0.888. The Morgan fingerprint density at radius 1 is 1.38 bits per heavy atom. The molecule has 21 heavy (non-hydrogen) atoms. The van der Waals surface area contributed by atoms with Gasteiger partial charge in [-0.3, -0.25) is 4.79 Å². The highest BCUT2D eigenvalue weighted by Crippen LogP contribution is 2.31. The van der Waals surface area contributed by atoms with Crippen LogP contribution in [0.15, 0.2) is 24.3 Å². The number of fused-ring (bicyclic) bond motifs is 1. The summed E-state index contributed by atoms with van der Waals surface area (Å²) in [6, 6.07) is 9.03. The van der Waals surface area contributed by atoms with Gasteiger partial charge in [-0.25, -0.2) is 0 Å². The Balaban J connectivity index is 1.55. The summed E-state index contributed by atoms with van der Waals surface area (Å²) in [7, 11) is 0. The van der Waals surface area contributed by atoms with Gasteiger partial charge in [0.05, 0.1) is 5.54 Å². The monoisotopic (exact) mass is 287 g/mol. The molecular formula is C17H25N3O. The number of hydrogen-bond donors (Lipinski definition) is 2. The second kappa shape index (κ2) is 5.68. The highest BCUT2D eigenvalue weighted by molar-refractivity contribution is 5.86. The molecular weight excluding hydrogens is 262 g/mol. The van der Waals surface area contributed by atoms with Crippen LogP contribution in [0.25, 0.3) is 0 Å². The molecule has 0 spiro atoms. The van der Waals surface area contributed by atoms with Crippen molar-refractivity contribution in [1.29, 1.82) is 0 Å². The zero-order valence-corrected chi connectivity index (χ0v) is 12.8. The lowest BCUT2D eigenvalue weighted by Gasteiger charge is -2.27. The normalized spacial score (nSPS) is 23.1.